The van der Waals surface area contributed by atoms with Crippen LogP contribution in [0.15, 0.2) is 114 Å². The maximum absolute atomic E-state index is 6.52. The quantitative estimate of drug-likeness (QED) is 0.260. The molecule has 0 saturated carbocycles. The normalized spacial score (nSPS) is 11.8. The van der Waals surface area contributed by atoms with Crippen molar-refractivity contribution < 1.29 is 4.42 Å². The molecule has 5 aromatic carbocycles. The van der Waals surface area contributed by atoms with E-state index in [0.29, 0.717) is 5.02 Å². The van der Waals surface area contributed by atoms with Crippen LogP contribution < -0.4 is 0 Å². The third-order valence-corrected chi connectivity index (χ3v) is 6.78. The molecule has 0 bridgehead atoms. The zero-order valence-corrected chi connectivity index (χ0v) is 18.4. The van der Waals surface area contributed by atoms with Crippen LogP contribution in [0, 0.1) is 0 Å². The lowest BCUT2D eigenvalue weighted by atomic mass is 10.0. The van der Waals surface area contributed by atoms with Crippen molar-refractivity contribution in [3.8, 4) is 16.8 Å². The van der Waals surface area contributed by atoms with E-state index >= 15 is 0 Å². The van der Waals surface area contributed by atoms with E-state index in [1.807, 2.05) is 18.2 Å². The Morgan fingerprint density at radius 2 is 1.36 bits per heavy atom. The monoisotopic (exact) mass is 443 g/mol. The van der Waals surface area contributed by atoms with Gasteiger partial charge in [0.25, 0.3) is 0 Å². The summed E-state index contributed by atoms with van der Waals surface area (Å²) < 4.78 is 8.63. The number of hydrogen-bond acceptors (Lipinski definition) is 1. The van der Waals surface area contributed by atoms with Crippen molar-refractivity contribution >= 4 is 55.3 Å². The fourth-order valence-electron chi connectivity index (χ4n) is 5.03. The van der Waals surface area contributed by atoms with Gasteiger partial charge in [-0.05, 0) is 48.0 Å². The van der Waals surface area contributed by atoms with E-state index in [-0.39, 0.29) is 0 Å². The van der Waals surface area contributed by atoms with E-state index in [4.69, 9.17) is 16.0 Å². The summed E-state index contributed by atoms with van der Waals surface area (Å²) in [5.41, 5.74) is 7.41. The fraction of sp³-hybridized carbons (Fsp3) is 0. The van der Waals surface area contributed by atoms with Crippen LogP contribution in [-0.4, -0.2) is 4.57 Å². The minimum Gasteiger partial charge on any atom is -0.455 e. The Balaban J connectivity index is 1.54. The molecule has 7 aromatic rings. The molecule has 0 fully saturated rings. The molecule has 0 aliphatic carbocycles. The van der Waals surface area contributed by atoms with Gasteiger partial charge in [-0.1, -0.05) is 78.3 Å². The van der Waals surface area contributed by atoms with Crippen LogP contribution in [0.25, 0.3) is 60.6 Å². The van der Waals surface area contributed by atoms with Crippen molar-refractivity contribution in [3.05, 3.63) is 114 Å². The third kappa shape index (κ3) is 2.68. The molecule has 0 saturated heterocycles. The lowest BCUT2D eigenvalue weighted by Crippen LogP contribution is -1.92. The van der Waals surface area contributed by atoms with Gasteiger partial charge in [0, 0.05) is 32.8 Å². The number of furan rings is 1. The lowest BCUT2D eigenvalue weighted by Gasteiger charge is -2.08. The van der Waals surface area contributed by atoms with E-state index in [1.54, 1.807) is 0 Å². The standard InChI is InChI=1S/C30H18ClNO/c31-25-13-7-15-28-29(25)23-12-6-11-21(30(23)33-28)19-16-17-27-24(18-19)22-10-4-5-14-26(22)32(27)20-8-2-1-3-9-20/h1-18H. The molecule has 0 aliphatic rings. The van der Waals surface area contributed by atoms with Crippen LogP contribution in [0.5, 0.6) is 0 Å². The summed E-state index contributed by atoms with van der Waals surface area (Å²) in [6.07, 6.45) is 0. The van der Waals surface area contributed by atoms with E-state index in [9.17, 15) is 0 Å². The SMILES string of the molecule is Clc1cccc2oc3c(-c4ccc5c(c4)c4ccccc4n5-c4ccccc4)cccc3c12. The molecular formula is C30H18ClNO. The van der Waals surface area contributed by atoms with Crippen molar-refractivity contribution in [3.63, 3.8) is 0 Å². The molecule has 7 rings (SSSR count). The van der Waals surface area contributed by atoms with Crippen LogP contribution in [0.2, 0.25) is 5.02 Å². The highest BCUT2D eigenvalue weighted by Crippen LogP contribution is 2.40. The maximum Gasteiger partial charge on any atom is 0.143 e. The predicted octanol–water partition coefficient (Wildman–Crippen LogP) is 9.00. The Labute approximate surface area is 195 Å². The second kappa shape index (κ2) is 6.99. The number of benzene rings is 5. The van der Waals surface area contributed by atoms with Gasteiger partial charge in [0.15, 0.2) is 0 Å². The first-order chi connectivity index (χ1) is 16.3. The second-order valence-corrected chi connectivity index (χ2v) is 8.72. The summed E-state index contributed by atoms with van der Waals surface area (Å²) in [7, 11) is 0. The summed E-state index contributed by atoms with van der Waals surface area (Å²) in [6, 6.07) is 37.9. The molecule has 0 spiro atoms. The molecule has 0 aliphatic heterocycles. The molecule has 3 heteroatoms. The molecular weight excluding hydrogens is 426 g/mol. The maximum atomic E-state index is 6.52. The summed E-state index contributed by atoms with van der Waals surface area (Å²) in [4.78, 5) is 0. The topological polar surface area (TPSA) is 18.1 Å². The molecule has 2 nitrogen and oxygen atoms in total. The van der Waals surface area contributed by atoms with Gasteiger partial charge in [0.2, 0.25) is 0 Å². The highest BCUT2D eigenvalue weighted by molar-refractivity contribution is 6.37. The first-order valence-electron chi connectivity index (χ1n) is 11.0. The van der Waals surface area contributed by atoms with Gasteiger partial charge in [-0.15, -0.1) is 0 Å². The van der Waals surface area contributed by atoms with Gasteiger partial charge in [-0.25, -0.2) is 0 Å². The van der Waals surface area contributed by atoms with Crippen molar-refractivity contribution in [2.45, 2.75) is 0 Å². The lowest BCUT2D eigenvalue weighted by molar-refractivity contribution is 0.670. The average Bonchev–Trinajstić information content (AvgIpc) is 3.41. The highest BCUT2D eigenvalue weighted by atomic mass is 35.5. The Morgan fingerprint density at radius 1 is 0.606 bits per heavy atom. The Kier molecular flexibility index (Phi) is 3.93. The van der Waals surface area contributed by atoms with Gasteiger partial charge < -0.3 is 8.98 Å². The molecule has 33 heavy (non-hydrogen) atoms. The fourth-order valence-corrected chi connectivity index (χ4v) is 5.30. The van der Waals surface area contributed by atoms with Crippen molar-refractivity contribution in [2.75, 3.05) is 0 Å². The molecule has 0 radical (unpaired) electrons. The second-order valence-electron chi connectivity index (χ2n) is 8.32. The smallest absolute Gasteiger partial charge is 0.143 e. The third-order valence-electron chi connectivity index (χ3n) is 6.47. The van der Waals surface area contributed by atoms with Gasteiger partial charge in [0.05, 0.1) is 16.1 Å². The van der Waals surface area contributed by atoms with Crippen LogP contribution in [0.4, 0.5) is 0 Å². The Bertz CT molecular complexity index is 1830. The molecule has 0 N–H and O–H groups in total. The van der Waals surface area contributed by atoms with Gasteiger partial charge in [-0.3, -0.25) is 0 Å². The van der Waals surface area contributed by atoms with Gasteiger partial charge >= 0.3 is 0 Å². The number of nitrogens with zero attached hydrogens (tertiary/aromatic N) is 1. The predicted molar refractivity (Wildman–Crippen MR) is 139 cm³/mol. The molecule has 2 aromatic heterocycles. The van der Waals surface area contributed by atoms with E-state index < -0.39 is 0 Å². The van der Waals surface area contributed by atoms with E-state index in [2.05, 4.69) is 95.6 Å². The van der Waals surface area contributed by atoms with Crippen LogP contribution in [0.1, 0.15) is 0 Å². The summed E-state index contributed by atoms with van der Waals surface area (Å²) in [6.45, 7) is 0. The molecule has 2 heterocycles. The minimum atomic E-state index is 0.713. The van der Waals surface area contributed by atoms with Crippen molar-refractivity contribution in [1.82, 2.24) is 4.57 Å². The average molecular weight is 444 g/mol. The number of aromatic nitrogens is 1. The number of fused-ring (bicyclic) bond motifs is 6. The van der Waals surface area contributed by atoms with Crippen LogP contribution in [0.3, 0.4) is 0 Å². The van der Waals surface area contributed by atoms with E-state index in [0.717, 1.165) is 38.8 Å². The van der Waals surface area contributed by atoms with E-state index in [1.165, 1.54) is 21.8 Å². The highest BCUT2D eigenvalue weighted by Gasteiger charge is 2.16. The first-order valence-corrected chi connectivity index (χ1v) is 11.4. The van der Waals surface area contributed by atoms with Crippen molar-refractivity contribution in [2.24, 2.45) is 0 Å². The number of rotatable bonds is 2. The Hall–Kier alpha value is -4.01. The largest absolute Gasteiger partial charge is 0.455 e. The number of para-hydroxylation sites is 3. The van der Waals surface area contributed by atoms with Crippen molar-refractivity contribution in [1.29, 1.82) is 0 Å². The summed E-state index contributed by atoms with van der Waals surface area (Å²) in [5, 5.41) is 5.18. The Morgan fingerprint density at radius 3 is 2.27 bits per heavy atom. The number of hydrogen-bond donors (Lipinski definition) is 0. The molecule has 156 valence electrons. The van der Waals surface area contributed by atoms with Crippen LogP contribution >= 0.6 is 11.6 Å². The molecule has 0 unspecified atom stereocenters. The zero-order chi connectivity index (χ0) is 21.9. The summed E-state index contributed by atoms with van der Waals surface area (Å²) in [5.74, 6) is 0. The summed E-state index contributed by atoms with van der Waals surface area (Å²) >= 11 is 6.52. The molecule has 0 amide bonds. The zero-order valence-electron chi connectivity index (χ0n) is 17.6. The first kappa shape index (κ1) is 18.6. The van der Waals surface area contributed by atoms with Crippen LogP contribution in [-0.2, 0) is 0 Å². The van der Waals surface area contributed by atoms with Gasteiger partial charge in [-0.2, -0.15) is 0 Å². The minimum absolute atomic E-state index is 0.713. The van der Waals surface area contributed by atoms with Gasteiger partial charge in [0.1, 0.15) is 11.2 Å². The molecule has 0 atom stereocenters. The number of halogens is 1.